The van der Waals surface area contributed by atoms with Crippen LogP contribution in [0.25, 0.3) is 0 Å². The van der Waals surface area contributed by atoms with Gasteiger partial charge in [-0.2, -0.15) is 0 Å². The molecule has 0 aromatic rings. The fraction of sp³-hybridized carbons (Fsp3) is 1.00. The zero-order valence-corrected chi connectivity index (χ0v) is 13.0. The van der Waals surface area contributed by atoms with E-state index in [0.29, 0.717) is 6.04 Å². The second-order valence-electron chi connectivity index (χ2n) is 6.69. The van der Waals surface area contributed by atoms with E-state index in [9.17, 15) is 0 Å². The summed E-state index contributed by atoms with van der Waals surface area (Å²) in [6.45, 7) is 12.5. The van der Waals surface area contributed by atoms with Gasteiger partial charge in [0.15, 0.2) is 0 Å². The molecule has 0 amide bonds. The smallest absolute Gasteiger partial charge is 0.0494 e. The number of nitrogens with one attached hydrogen (secondary N) is 1. The molecule has 1 saturated carbocycles. The van der Waals surface area contributed by atoms with Crippen molar-refractivity contribution in [3.63, 3.8) is 0 Å². The summed E-state index contributed by atoms with van der Waals surface area (Å²) in [7, 11) is 0. The zero-order chi connectivity index (χ0) is 13.7. The minimum Gasteiger partial charge on any atom is -0.381 e. The van der Waals surface area contributed by atoms with E-state index < -0.39 is 0 Å². The summed E-state index contributed by atoms with van der Waals surface area (Å²) < 4.78 is 5.75. The van der Waals surface area contributed by atoms with E-state index in [1.54, 1.807) is 0 Å². The van der Waals surface area contributed by atoms with Gasteiger partial charge < -0.3 is 10.1 Å². The minimum atomic E-state index is 0.662. The highest BCUT2D eigenvalue weighted by atomic mass is 16.5. The summed E-state index contributed by atoms with van der Waals surface area (Å²) in [6.07, 6.45) is 5.23. The first-order valence-corrected chi connectivity index (χ1v) is 8.25. The molecule has 2 aliphatic rings. The highest BCUT2D eigenvalue weighted by Gasteiger charge is 2.27. The minimum absolute atomic E-state index is 0.662. The normalized spacial score (nSPS) is 29.1. The van der Waals surface area contributed by atoms with Crippen molar-refractivity contribution in [1.82, 2.24) is 10.2 Å². The monoisotopic (exact) mass is 268 g/mol. The lowest BCUT2D eigenvalue weighted by Gasteiger charge is -2.41. The average Bonchev–Trinajstić information content (AvgIpc) is 3.22. The standard InChI is InChI=1S/C16H32N2O/c1-4-15-10-17-16(13(2)3)11-18(15)8-5-9-19-12-14-6-7-14/h13-17H,4-12H2,1-3H3. The van der Waals surface area contributed by atoms with E-state index in [1.807, 2.05) is 0 Å². The van der Waals surface area contributed by atoms with Gasteiger partial charge in [-0.3, -0.25) is 4.90 Å². The van der Waals surface area contributed by atoms with Crippen LogP contribution in [0.2, 0.25) is 0 Å². The molecule has 0 bridgehead atoms. The topological polar surface area (TPSA) is 24.5 Å². The van der Waals surface area contributed by atoms with Crippen LogP contribution in [-0.4, -0.2) is 49.8 Å². The van der Waals surface area contributed by atoms with Gasteiger partial charge in [0.2, 0.25) is 0 Å². The van der Waals surface area contributed by atoms with Crippen molar-refractivity contribution in [2.75, 3.05) is 32.8 Å². The van der Waals surface area contributed by atoms with Crippen LogP contribution < -0.4 is 5.32 Å². The van der Waals surface area contributed by atoms with Crippen LogP contribution in [0.5, 0.6) is 0 Å². The van der Waals surface area contributed by atoms with Crippen LogP contribution in [-0.2, 0) is 4.74 Å². The van der Waals surface area contributed by atoms with Gasteiger partial charge in [-0.05, 0) is 37.5 Å². The molecule has 2 atom stereocenters. The molecule has 2 rings (SSSR count). The molecule has 0 aromatic heterocycles. The molecular formula is C16H32N2O. The fourth-order valence-corrected chi connectivity index (χ4v) is 2.91. The Morgan fingerprint density at radius 2 is 2.11 bits per heavy atom. The van der Waals surface area contributed by atoms with Gasteiger partial charge >= 0.3 is 0 Å². The molecule has 1 N–H and O–H groups in total. The molecule has 1 aliphatic carbocycles. The molecule has 3 nitrogen and oxygen atoms in total. The number of ether oxygens (including phenoxy) is 1. The molecule has 2 fully saturated rings. The quantitative estimate of drug-likeness (QED) is 0.685. The molecule has 19 heavy (non-hydrogen) atoms. The summed E-state index contributed by atoms with van der Waals surface area (Å²) in [6, 6.07) is 1.38. The van der Waals surface area contributed by atoms with Crippen LogP contribution in [0, 0.1) is 11.8 Å². The third-order valence-corrected chi connectivity index (χ3v) is 4.62. The lowest BCUT2D eigenvalue weighted by molar-refractivity contribution is 0.0798. The van der Waals surface area contributed by atoms with Crippen molar-refractivity contribution in [2.24, 2.45) is 11.8 Å². The Balaban J connectivity index is 1.64. The van der Waals surface area contributed by atoms with Crippen LogP contribution in [0.1, 0.15) is 46.5 Å². The molecule has 0 radical (unpaired) electrons. The maximum Gasteiger partial charge on any atom is 0.0494 e. The van der Waals surface area contributed by atoms with Crippen molar-refractivity contribution in [1.29, 1.82) is 0 Å². The summed E-state index contributed by atoms with van der Waals surface area (Å²) in [5, 5.41) is 3.70. The molecule has 112 valence electrons. The SMILES string of the molecule is CCC1CNC(C(C)C)CN1CCCOCC1CC1. The third-order valence-electron chi connectivity index (χ3n) is 4.62. The van der Waals surface area contributed by atoms with Crippen molar-refractivity contribution in [3.05, 3.63) is 0 Å². The second-order valence-corrected chi connectivity index (χ2v) is 6.69. The summed E-state index contributed by atoms with van der Waals surface area (Å²) in [5.41, 5.74) is 0. The Hall–Kier alpha value is -0.120. The third kappa shape index (κ3) is 5.05. The molecule has 1 saturated heterocycles. The Bertz CT molecular complexity index is 253. The summed E-state index contributed by atoms with van der Waals surface area (Å²) in [4.78, 5) is 2.68. The Morgan fingerprint density at radius 3 is 2.74 bits per heavy atom. The first-order valence-electron chi connectivity index (χ1n) is 8.25. The lowest BCUT2D eigenvalue weighted by Crippen LogP contribution is -2.58. The number of hydrogen-bond donors (Lipinski definition) is 1. The van der Waals surface area contributed by atoms with Gasteiger partial charge in [0.05, 0.1) is 0 Å². The van der Waals surface area contributed by atoms with Crippen molar-refractivity contribution in [2.45, 2.75) is 58.5 Å². The van der Waals surface area contributed by atoms with E-state index in [-0.39, 0.29) is 0 Å². The second kappa shape index (κ2) is 7.61. The van der Waals surface area contributed by atoms with E-state index >= 15 is 0 Å². The first kappa shape index (κ1) is 15.3. The van der Waals surface area contributed by atoms with Crippen LogP contribution in [0.4, 0.5) is 0 Å². The Morgan fingerprint density at radius 1 is 1.32 bits per heavy atom. The average molecular weight is 268 g/mol. The van der Waals surface area contributed by atoms with Crippen molar-refractivity contribution >= 4 is 0 Å². The number of hydrogen-bond acceptors (Lipinski definition) is 3. The maximum absolute atomic E-state index is 5.75. The predicted octanol–water partition coefficient (Wildman–Crippen LogP) is 2.51. The van der Waals surface area contributed by atoms with Crippen molar-refractivity contribution < 1.29 is 4.74 Å². The number of piperazine rings is 1. The van der Waals surface area contributed by atoms with E-state index in [4.69, 9.17) is 4.74 Å². The molecule has 0 aromatic carbocycles. The molecule has 0 spiro atoms. The number of rotatable bonds is 8. The lowest BCUT2D eigenvalue weighted by atomic mass is 9.98. The van der Waals surface area contributed by atoms with E-state index in [2.05, 4.69) is 31.0 Å². The molecule has 1 heterocycles. The van der Waals surface area contributed by atoms with Gasteiger partial charge in [-0.25, -0.2) is 0 Å². The van der Waals surface area contributed by atoms with Crippen LogP contribution in [0.3, 0.4) is 0 Å². The zero-order valence-electron chi connectivity index (χ0n) is 13.0. The number of nitrogens with zero attached hydrogens (tertiary/aromatic N) is 1. The molecular weight excluding hydrogens is 236 g/mol. The molecule has 3 heteroatoms. The predicted molar refractivity (Wildman–Crippen MR) is 80.4 cm³/mol. The summed E-state index contributed by atoms with van der Waals surface area (Å²) >= 11 is 0. The fourth-order valence-electron chi connectivity index (χ4n) is 2.91. The van der Waals surface area contributed by atoms with Gasteiger partial charge in [0.1, 0.15) is 0 Å². The van der Waals surface area contributed by atoms with Crippen LogP contribution in [0.15, 0.2) is 0 Å². The van der Waals surface area contributed by atoms with Crippen LogP contribution >= 0.6 is 0 Å². The molecule has 1 aliphatic heterocycles. The Kier molecular flexibility index (Phi) is 6.11. The first-order chi connectivity index (χ1) is 9.20. The summed E-state index contributed by atoms with van der Waals surface area (Å²) in [5.74, 6) is 1.62. The highest BCUT2D eigenvalue weighted by molar-refractivity contribution is 4.86. The van der Waals surface area contributed by atoms with Crippen molar-refractivity contribution in [3.8, 4) is 0 Å². The van der Waals surface area contributed by atoms with Gasteiger partial charge in [-0.15, -0.1) is 0 Å². The van der Waals surface area contributed by atoms with E-state index in [0.717, 1.165) is 37.6 Å². The highest BCUT2D eigenvalue weighted by Crippen LogP contribution is 2.28. The largest absolute Gasteiger partial charge is 0.381 e. The van der Waals surface area contributed by atoms with Gasteiger partial charge in [0.25, 0.3) is 0 Å². The van der Waals surface area contributed by atoms with E-state index in [1.165, 1.54) is 38.8 Å². The molecule has 2 unspecified atom stereocenters. The Labute approximate surface area is 119 Å². The maximum atomic E-state index is 5.75. The van der Waals surface area contributed by atoms with Gasteiger partial charge in [-0.1, -0.05) is 20.8 Å². The van der Waals surface area contributed by atoms with Gasteiger partial charge in [0, 0.05) is 44.9 Å².